The van der Waals surface area contributed by atoms with Crippen molar-refractivity contribution in [3.63, 3.8) is 0 Å². The number of primary amides is 1. The van der Waals surface area contributed by atoms with Crippen LogP contribution in [0.3, 0.4) is 0 Å². The first-order valence-electron chi connectivity index (χ1n) is 29.0. The second kappa shape index (κ2) is 37.7. The van der Waals surface area contributed by atoms with E-state index in [1.165, 1.54) is 38.1 Å². The number of carboxylic acid groups (broad SMARTS) is 1. The van der Waals surface area contributed by atoms with Gasteiger partial charge in [-0.2, -0.15) is 11.8 Å². The molecule has 0 spiro atoms. The number of aliphatic imine (C=N–C) groups is 1. The number of rotatable bonds is 18. The Morgan fingerprint density at radius 2 is 1.22 bits per heavy atom. The van der Waals surface area contributed by atoms with E-state index in [9.17, 15) is 67.7 Å². The van der Waals surface area contributed by atoms with E-state index in [0.29, 0.717) is 62.8 Å². The van der Waals surface area contributed by atoms with Crippen LogP contribution in [0.2, 0.25) is 0 Å². The molecular formula is C54H90N16O14S. The van der Waals surface area contributed by atoms with Gasteiger partial charge in [-0.3, -0.25) is 62.5 Å². The Hall–Kier alpha value is -7.57. The summed E-state index contributed by atoms with van der Waals surface area (Å²) in [5.74, 6) is -11.2. The summed E-state index contributed by atoms with van der Waals surface area (Å²) in [6.45, 7) is 6.37. The quantitative estimate of drug-likeness (QED) is 0.0395. The number of guanidine groups is 1. The van der Waals surface area contributed by atoms with Gasteiger partial charge in [-0.25, -0.2) is 4.98 Å². The molecule has 0 aromatic carbocycles. The zero-order valence-corrected chi connectivity index (χ0v) is 50.1. The third kappa shape index (κ3) is 26.9. The molecule has 2 aliphatic rings. The molecular weight excluding hydrogens is 1130 g/mol. The minimum atomic E-state index is -1.63. The number of aliphatic carboxylic acids is 1. The Kier molecular flexibility index (Phi) is 31.8. The minimum absolute atomic E-state index is 0.00813. The van der Waals surface area contributed by atoms with Crippen LogP contribution in [-0.2, 0) is 64.0 Å². The van der Waals surface area contributed by atoms with Crippen LogP contribution in [0.25, 0.3) is 0 Å². The van der Waals surface area contributed by atoms with Crippen molar-refractivity contribution in [1.82, 2.24) is 63.1 Å². The molecule has 2 heterocycles. The second-order valence-electron chi connectivity index (χ2n) is 22.0. The maximum Gasteiger partial charge on any atom is 0.303 e. The van der Waals surface area contributed by atoms with Gasteiger partial charge in [0, 0.05) is 44.2 Å². The number of nitrogens with two attached hydrogens (primary N) is 3. The smallest absolute Gasteiger partial charge is 0.303 e. The highest BCUT2D eigenvalue weighted by molar-refractivity contribution is 7.98. The van der Waals surface area contributed by atoms with Crippen LogP contribution in [0, 0.1) is 11.8 Å². The van der Waals surface area contributed by atoms with E-state index in [4.69, 9.17) is 17.2 Å². The Labute approximate surface area is 499 Å². The maximum absolute atomic E-state index is 14.6. The fourth-order valence-electron chi connectivity index (χ4n) is 9.64. The van der Waals surface area contributed by atoms with Crippen molar-refractivity contribution < 1.29 is 67.7 Å². The number of amides is 11. The number of aromatic nitrogens is 2. The molecule has 1 saturated heterocycles. The number of aromatic amines is 1. The van der Waals surface area contributed by atoms with E-state index < -0.39 is 157 Å². The molecule has 0 bridgehead atoms. The van der Waals surface area contributed by atoms with Gasteiger partial charge in [0.15, 0.2) is 5.96 Å². The largest absolute Gasteiger partial charge is 0.481 e. The molecule has 85 heavy (non-hydrogen) atoms. The second-order valence-corrected chi connectivity index (χ2v) is 23.0. The summed E-state index contributed by atoms with van der Waals surface area (Å²) in [5, 5.41) is 46.3. The highest BCUT2D eigenvalue weighted by atomic mass is 32.2. The number of aliphatic hydroxyl groups excluding tert-OH is 1. The van der Waals surface area contributed by atoms with Gasteiger partial charge in [0.25, 0.3) is 0 Å². The number of nitrogens with one attached hydrogen (secondary N) is 11. The number of imidazole rings is 1. The van der Waals surface area contributed by atoms with Crippen LogP contribution >= 0.6 is 11.8 Å². The zero-order chi connectivity index (χ0) is 63.2. The molecule has 3 rings (SSSR count). The summed E-state index contributed by atoms with van der Waals surface area (Å²) in [7, 11) is 0. The number of carbonyl (C=O) groups excluding carboxylic acids is 11. The summed E-state index contributed by atoms with van der Waals surface area (Å²) >= 11 is 1.33. The maximum atomic E-state index is 14.6. The molecule has 1 unspecified atom stereocenters. The summed E-state index contributed by atoms with van der Waals surface area (Å²) < 4.78 is 0. The Morgan fingerprint density at radius 1 is 0.659 bits per heavy atom. The lowest BCUT2D eigenvalue weighted by molar-refractivity contribution is -0.139. The molecule has 2 fully saturated rings. The van der Waals surface area contributed by atoms with Crippen molar-refractivity contribution in [2.24, 2.45) is 34.0 Å². The van der Waals surface area contributed by atoms with Crippen molar-refractivity contribution >= 4 is 88.7 Å². The predicted octanol–water partition coefficient (Wildman–Crippen LogP) is -3.03. The fraction of sp³-hybridized carbons (Fsp3) is 0.704. The van der Waals surface area contributed by atoms with Gasteiger partial charge < -0.3 is 85.6 Å². The number of carbonyl (C=O) groups is 12. The number of hydrogen-bond acceptors (Lipinski definition) is 16. The number of nitrogens with zero attached hydrogens (tertiary/aromatic N) is 2. The number of aliphatic hydroxyl groups is 1. The lowest BCUT2D eigenvalue weighted by atomic mass is 9.83. The van der Waals surface area contributed by atoms with Gasteiger partial charge in [0.2, 0.25) is 65.0 Å². The van der Waals surface area contributed by atoms with Crippen molar-refractivity contribution in [3.05, 3.63) is 18.2 Å². The molecule has 10 atom stereocenters. The van der Waals surface area contributed by atoms with Crippen molar-refractivity contribution in [2.75, 3.05) is 25.1 Å². The van der Waals surface area contributed by atoms with Crippen molar-refractivity contribution in [3.8, 4) is 0 Å². The number of thioether (sulfide) groups is 1. The average molecular weight is 1220 g/mol. The van der Waals surface area contributed by atoms with Crippen molar-refractivity contribution in [2.45, 2.75) is 204 Å². The molecule has 1 aliphatic heterocycles. The molecule has 11 amide bonds. The van der Waals surface area contributed by atoms with Gasteiger partial charge in [-0.15, -0.1) is 0 Å². The Morgan fingerprint density at radius 3 is 1.82 bits per heavy atom. The molecule has 0 radical (unpaired) electrons. The molecule has 19 N–H and O–H groups in total. The highest BCUT2D eigenvalue weighted by Crippen LogP contribution is 2.27. The van der Waals surface area contributed by atoms with Gasteiger partial charge in [0.1, 0.15) is 54.4 Å². The highest BCUT2D eigenvalue weighted by Gasteiger charge is 2.38. The molecule has 1 aliphatic carbocycles. The van der Waals surface area contributed by atoms with E-state index in [2.05, 4.69) is 68.1 Å². The lowest BCUT2D eigenvalue weighted by Crippen LogP contribution is -2.61. The minimum Gasteiger partial charge on any atom is -0.481 e. The third-order valence-corrected chi connectivity index (χ3v) is 14.9. The number of carboxylic acids is 1. The summed E-state index contributed by atoms with van der Waals surface area (Å²) in [4.78, 5) is 175. The van der Waals surface area contributed by atoms with Crippen LogP contribution in [0.15, 0.2) is 17.5 Å². The van der Waals surface area contributed by atoms with Crippen LogP contribution in [0.5, 0.6) is 0 Å². The van der Waals surface area contributed by atoms with E-state index >= 15 is 0 Å². The van der Waals surface area contributed by atoms with Gasteiger partial charge in [0.05, 0.1) is 18.9 Å². The normalized spacial score (nSPS) is 25.7. The monoisotopic (exact) mass is 1220 g/mol. The summed E-state index contributed by atoms with van der Waals surface area (Å²) in [5.41, 5.74) is 17.0. The van der Waals surface area contributed by atoms with Crippen LogP contribution in [0.4, 0.5) is 0 Å². The number of H-pyrrole nitrogens is 1. The zero-order valence-electron chi connectivity index (χ0n) is 49.3. The van der Waals surface area contributed by atoms with E-state index in [1.54, 1.807) is 6.26 Å². The van der Waals surface area contributed by atoms with Gasteiger partial charge >= 0.3 is 5.97 Å². The SMILES string of the molecule is CSCC[C@@H]1NC(=O)[C@H](CCCN=C(N)N)NC(=O)[C@H](CCC(=O)O)NC(=O)[C@H]([C@@H](C)O)NC(=O)CCCCCCNC(=O)[C@H](CC(C)C)NC(=O)[C@H](CC(N)=O)NC(=O)[C@H](Cc2cnc[nH]2)NC(=O)C(C2CCCCC2)NC(=O)[C@H](C)NC1=O. The van der Waals surface area contributed by atoms with Crippen LogP contribution < -0.4 is 70.4 Å². The molecule has 476 valence electrons. The van der Waals surface area contributed by atoms with Crippen molar-refractivity contribution in [1.29, 1.82) is 0 Å². The molecule has 1 aromatic rings. The Balaban J connectivity index is 2.09. The van der Waals surface area contributed by atoms with Crippen LogP contribution in [-0.4, -0.2) is 183 Å². The van der Waals surface area contributed by atoms with E-state index in [-0.39, 0.29) is 63.5 Å². The molecule has 1 aromatic heterocycles. The Bertz CT molecular complexity index is 2440. The topological polar surface area (TPSA) is 485 Å². The first-order valence-corrected chi connectivity index (χ1v) is 30.4. The first-order chi connectivity index (χ1) is 40.3. The van der Waals surface area contributed by atoms with Crippen LogP contribution in [0.1, 0.15) is 143 Å². The first kappa shape index (κ1) is 71.7. The molecule has 31 heteroatoms. The van der Waals surface area contributed by atoms with Gasteiger partial charge in [-0.1, -0.05) is 46.0 Å². The predicted molar refractivity (Wildman–Crippen MR) is 313 cm³/mol. The molecule has 30 nitrogen and oxygen atoms in total. The number of hydrogen-bond donors (Lipinski definition) is 16. The summed E-state index contributed by atoms with van der Waals surface area (Å²) in [6.07, 6.45) is 5.99. The molecule has 1 saturated carbocycles. The third-order valence-electron chi connectivity index (χ3n) is 14.3. The average Bonchev–Trinajstić information content (AvgIpc) is 4.02. The van der Waals surface area contributed by atoms with Gasteiger partial charge in [-0.05, 0) is 95.5 Å². The lowest BCUT2D eigenvalue weighted by Gasteiger charge is -2.32. The standard InChI is InChI=1S/C54H90N16O14S/c1-29(2)24-37-46(77)59-21-12-7-6-11-17-41(73)69-43(31(4)71)52(83)65-35(18-19-42(74)75)49(80)63-34(16-13-22-60-54(56)57)48(79)64-36(20-23-85-5)47(78)62-30(3)45(76)70-44(32-14-9-8-10-15-32)53(84)68-38(25-33-27-58-28-61-33)50(81)67-39(26-40(55)72)51(82)66-37/h27-32,34-39,43-44,71H,6-26H2,1-5H3,(H2,55,72)(H,58,61)(H,59,77)(H,62,78)(H,63,80)(H,64,79)(H,65,83)(H,66,82)(H,67,81)(H,68,84)(H,69,73)(H,70,76)(H,74,75)(H4,56,57,60)/t30-,31+,34-,35-,36-,37-,38-,39-,43-,44?/m0/s1. The van der Waals surface area contributed by atoms with E-state index in [1.807, 2.05) is 13.8 Å². The fourth-order valence-corrected chi connectivity index (χ4v) is 10.1. The summed E-state index contributed by atoms with van der Waals surface area (Å²) in [6, 6.07) is -12.9. The van der Waals surface area contributed by atoms with E-state index in [0.717, 1.165) is 6.42 Å².